The number of hydrogen-bond donors (Lipinski definition) is 1. The van der Waals surface area contributed by atoms with Gasteiger partial charge in [-0.15, -0.1) is 0 Å². The summed E-state index contributed by atoms with van der Waals surface area (Å²) in [6.07, 6.45) is 3.52. The number of quaternary nitrogens is 1. The summed E-state index contributed by atoms with van der Waals surface area (Å²) in [5.74, 6) is 1.58. The van der Waals surface area contributed by atoms with E-state index < -0.39 is 0 Å². The van der Waals surface area contributed by atoms with Gasteiger partial charge in [0.05, 0.1) is 26.2 Å². The van der Waals surface area contributed by atoms with Gasteiger partial charge in [0.1, 0.15) is 5.82 Å². The number of piperazine rings is 1. The molecule has 3 heterocycles. The highest BCUT2D eigenvalue weighted by molar-refractivity contribution is 5.53. The van der Waals surface area contributed by atoms with Crippen LogP contribution in [0.25, 0.3) is 11.4 Å². The van der Waals surface area contributed by atoms with E-state index in [2.05, 4.69) is 25.0 Å². The highest BCUT2D eigenvalue weighted by Gasteiger charge is 2.23. The van der Waals surface area contributed by atoms with Crippen molar-refractivity contribution in [2.75, 3.05) is 31.1 Å². The maximum absolute atomic E-state index is 13.0. The second kappa shape index (κ2) is 6.94. The average molecular weight is 341 g/mol. The van der Waals surface area contributed by atoms with Gasteiger partial charge in [-0.25, -0.2) is 14.4 Å². The Morgan fingerprint density at radius 3 is 2.52 bits per heavy atom. The SMILES string of the molecule is Fc1ccc(-c2noc(C[NH+]3CCN(c4ncccn4)CC3)n2)cc1. The smallest absolute Gasteiger partial charge is 0.282 e. The first-order valence-corrected chi connectivity index (χ1v) is 8.22. The normalized spacial score (nSPS) is 15.5. The summed E-state index contributed by atoms with van der Waals surface area (Å²) in [6.45, 7) is 4.35. The van der Waals surface area contributed by atoms with Gasteiger partial charge in [0.25, 0.3) is 5.89 Å². The van der Waals surface area contributed by atoms with Gasteiger partial charge in [0.2, 0.25) is 11.8 Å². The van der Waals surface area contributed by atoms with E-state index in [-0.39, 0.29) is 5.82 Å². The standard InChI is InChI=1S/C17H17FN6O/c18-14-4-2-13(3-5-14)16-21-15(25-22-16)12-23-8-10-24(11-9-23)17-19-6-1-7-20-17/h1-7H,8-12H2/p+1. The lowest BCUT2D eigenvalue weighted by molar-refractivity contribution is -0.915. The molecule has 8 heteroatoms. The Morgan fingerprint density at radius 2 is 1.80 bits per heavy atom. The third kappa shape index (κ3) is 3.63. The van der Waals surface area contributed by atoms with E-state index in [1.807, 2.05) is 6.07 Å². The first-order valence-electron chi connectivity index (χ1n) is 8.22. The van der Waals surface area contributed by atoms with Crippen LogP contribution in [-0.4, -0.2) is 46.3 Å². The molecule has 128 valence electrons. The van der Waals surface area contributed by atoms with E-state index in [0.29, 0.717) is 18.3 Å². The zero-order chi connectivity index (χ0) is 17.1. The van der Waals surface area contributed by atoms with Crippen LogP contribution in [0.15, 0.2) is 47.2 Å². The van der Waals surface area contributed by atoms with Crippen molar-refractivity contribution in [1.82, 2.24) is 20.1 Å². The van der Waals surface area contributed by atoms with Crippen LogP contribution >= 0.6 is 0 Å². The van der Waals surface area contributed by atoms with Crippen LogP contribution in [0.4, 0.5) is 10.3 Å². The van der Waals surface area contributed by atoms with Crippen molar-refractivity contribution in [3.05, 3.63) is 54.4 Å². The van der Waals surface area contributed by atoms with Crippen molar-refractivity contribution in [1.29, 1.82) is 0 Å². The van der Waals surface area contributed by atoms with E-state index in [1.54, 1.807) is 24.5 Å². The van der Waals surface area contributed by atoms with Crippen LogP contribution in [0.3, 0.4) is 0 Å². The van der Waals surface area contributed by atoms with Gasteiger partial charge in [-0.05, 0) is 30.3 Å². The molecule has 1 aliphatic rings. The monoisotopic (exact) mass is 341 g/mol. The van der Waals surface area contributed by atoms with E-state index in [1.165, 1.54) is 17.0 Å². The predicted molar refractivity (Wildman–Crippen MR) is 88.3 cm³/mol. The van der Waals surface area contributed by atoms with Crippen molar-refractivity contribution >= 4 is 5.95 Å². The van der Waals surface area contributed by atoms with Gasteiger partial charge >= 0.3 is 0 Å². The Balaban J connectivity index is 1.35. The minimum absolute atomic E-state index is 0.280. The Morgan fingerprint density at radius 1 is 1.08 bits per heavy atom. The van der Waals surface area contributed by atoms with Crippen molar-refractivity contribution in [2.24, 2.45) is 0 Å². The number of halogens is 1. The largest absolute Gasteiger partial charge is 0.333 e. The maximum Gasteiger partial charge on any atom is 0.282 e. The molecule has 4 rings (SSSR count). The molecule has 2 aromatic heterocycles. The van der Waals surface area contributed by atoms with Gasteiger partial charge in [-0.3, -0.25) is 0 Å². The predicted octanol–water partition coefficient (Wildman–Crippen LogP) is 0.571. The molecule has 1 saturated heterocycles. The van der Waals surface area contributed by atoms with E-state index in [9.17, 15) is 4.39 Å². The fourth-order valence-corrected chi connectivity index (χ4v) is 2.91. The van der Waals surface area contributed by atoms with Crippen LogP contribution in [0, 0.1) is 5.82 Å². The summed E-state index contributed by atoms with van der Waals surface area (Å²) >= 11 is 0. The fourth-order valence-electron chi connectivity index (χ4n) is 2.91. The first-order chi connectivity index (χ1) is 12.3. The Bertz CT molecular complexity index is 815. The molecule has 0 unspecified atom stereocenters. The van der Waals surface area contributed by atoms with Gasteiger partial charge in [-0.1, -0.05) is 5.16 Å². The third-order valence-electron chi connectivity index (χ3n) is 4.28. The van der Waals surface area contributed by atoms with Crippen LogP contribution in [0.2, 0.25) is 0 Å². The van der Waals surface area contributed by atoms with Gasteiger partial charge < -0.3 is 14.3 Å². The second-order valence-corrected chi connectivity index (χ2v) is 5.98. The van der Waals surface area contributed by atoms with E-state index in [4.69, 9.17) is 4.52 Å². The summed E-state index contributed by atoms with van der Waals surface area (Å²) in [5.41, 5.74) is 0.748. The number of rotatable bonds is 4. The zero-order valence-electron chi connectivity index (χ0n) is 13.6. The minimum atomic E-state index is -0.280. The summed E-state index contributed by atoms with van der Waals surface area (Å²) in [5, 5.41) is 3.99. The fraction of sp³-hybridized carbons (Fsp3) is 0.294. The molecule has 1 aromatic carbocycles. The molecule has 0 atom stereocenters. The lowest BCUT2D eigenvalue weighted by Crippen LogP contribution is -3.13. The summed E-state index contributed by atoms with van der Waals surface area (Å²) in [4.78, 5) is 16.6. The Labute approximate surface area is 144 Å². The third-order valence-corrected chi connectivity index (χ3v) is 4.28. The van der Waals surface area contributed by atoms with Crippen LogP contribution < -0.4 is 9.80 Å². The summed E-state index contributed by atoms with van der Waals surface area (Å²) in [6, 6.07) is 7.90. The number of nitrogens with one attached hydrogen (secondary N) is 1. The molecule has 0 radical (unpaired) electrons. The van der Waals surface area contributed by atoms with Crippen LogP contribution in [-0.2, 0) is 6.54 Å². The highest BCUT2D eigenvalue weighted by Crippen LogP contribution is 2.15. The molecular formula is C17H18FN6O+. The van der Waals surface area contributed by atoms with E-state index >= 15 is 0 Å². The molecule has 7 nitrogen and oxygen atoms in total. The summed E-state index contributed by atoms with van der Waals surface area (Å²) < 4.78 is 18.3. The Hall–Kier alpha value is -2.87. The van der Waals surface area contributed by atoms with Crippen molar-refractivity contribution in [2.45, 2.75) is 6.54 Å². The number of benzene rings is 1. The molecule has 1 fully saturated rings. The van der Waals surface area contributed by atoms with Gasteiger partial charge in [0.15, 0.2) is 6.54 Å². The minimum Gasteiger partial charge on any atom is -0.333 e. The molecule has 0 bridgehead atoms. The number of anilines is 1. The molecule has 0 amide bonds. The van der Waals surface area contributed by atoms with Crippen molar-refractivity contribution in [3.8, 4) is 11.4 Å². The quantitative estimate of drug-likeness (QED) is 0.748. The number of hydrogen-bond acceptors (Lipinski definition) is 6. The van der Waals surface area contributed by atoms with Crippen LogP contribution in [0.1, 0.15) is 5.89 Å². The summed E-state index contributed by atoms with van der Waals surface area (Å²) in [7, 11) is 0. The highest BCUT2D eigenvalue weighted by atomic mass is 19.1. The average Bonchev–Trinajstić information content (AvgIpc) is 3.12. The lowest BCUT2D eigenvalue weighted by atomic mass is 10.2. The maximum atomic E-state index is 13.0. The second-order valence-electron chi connectivity index (χ2n) is 5.98. The van der Waals surface area contributed by atoms with Crippen LogP contribution in [0.5, 0.6) is 0 Å². The molecule has 0 aliphatic carbocycles. The number of nitrogens with zero attached hydrogens (tertiary/aromatic N) is 5. The lowest BCUT2D eigenvalue weighted by Gasteiger charge is -2.31. The first kappa shape index (κ1) is 15.6. The molecular weight excluding hydrogens is 323 g/mol. The number of aromatic nitrogens is 4. The molecule has 0 spiro atoms. The zero-order valence-corrected chi connectivity index (χ0v) is 13.6. The molecule has 25 heavy (non-hydrogen) atoms. The molecule has 1 aliphatic heterocycles. The van der Waals surface area contributed by atoms with Gasteiger partial charge in [0, 0.05) is 18.0 Å². The van der Waals surface area contributed by atoms with Crippen molar-refractivity contribution < 1.29 is 13.8 Å². The molecule has 1 N–H and O–H groups in total. The van der Waals surface area contributed by atoms with E-state index in [0.717, 1.165) is 37.7 Å². The topological polar surface area (TPSA) is 72.4 Å². The van der Waals surface area contributed by atoms with Crippen molar-refractivity contribution in [3.63, 3.8) is 0 Å². The Kier molecular flexibility index (Phi) is 4.34. The molecule has 0 saturated carbocycles. The van der Waals surface area contributed by atoms with Gasteiger partial charge in [-0.2, -0.15) is 4.98 Å². The molecule has 3 aromatic rings.